The molecule has 1 heteroatoms. The SMILES string of the molecule is C=C/C(C#N)=C\C(C)C. The highest BCUT2D eigenvalue weighted by molar-refractivity contribution is 5.31. The first-order valence-electron chi connectivity index (χ1n) is 2.95. The van der Waals surface area contributed by atoms with Gasteiger partial charge in [-0.2, -0.15) is 5.26 Å². The van der Waals surface area contributed by atoms with Crippen LogP contribution < -0.4 is 0 Å². The van der Waals surface area contributed by atoms with Crippen LogP contribution in [0, 0.1) is 17.2 Å². The Hall–Kier alpha value is -1.03. The molecule has 1 nitrogen and oxygen atoms in total. The van der Waals surface area contributed by atoms with Crippen LogP contribution in [0.5, 0.6) is 0 Å². The quantitative estimate of drug-likeness (QED) is 0.406. The van der Waals surface area contributed by atoms with Gasteiger partial charge in [0.2, 0.25) is 0 Å². The first-order chi connectivity index (χ1) is 4.20. The molecule has 0 aliphatic rings. The van der Waals surface area contributed by atoms with Crippen LogP contribution in [-0.2, 0) is 0 Å². The highest BCUT2D eigenvalue weighted by Gasteiger charge is 1.89. The first kappa shape index (κ1) is 7.97. The molecule has 0 aromatic heterocycles. The summed E-state index contributed by atoms with van der Waals surface area (Å²) in [6, 6.07) is 2.03. The molecular formula is C8H11N. The summed E-state index contributed by atoms with van der Waals surface area (Å²) in [5.74, 6) is 0.428. The molecule has 0 heterocycles. The second-order valence-electron chi connectivity index (χ2n) is 2.18. The van der Waals surface area contributed by atoms with Gasteiger partial charge in [0, 0.05) is 5.57 Å². The molecule has 0 saturated heterocycles. The van der Waals surface area contributed by atoms with Crippen LogP contribution >= 0.6 is 0 Å². The van der Waals surface area contributed by atoms with Gasteiger partial charge < -0.3 is 0 Å². The van der Waals surface area contributed by atoms with E-state index in [9.17, 15) is 0 Å². The zero-order chi connectivity index (χ0) is 7.28. The summed E-state index contributed by atoms with van der Waals surface area (Å²) in [4.78, 5) is 0. The lowest BCUT2D eigenvalue weighted by molar-refractivity contribution is 0.828. The predicted octanol–water partition coefficient (Wildman–Crippen LogP) is 2.28. The maximum atomic E-state index is 8.39. The Morgan fingerprint density at radius 3 is 2.33 bits per heavy atom. The van der Waals surface area contributed by atoms with Crippen molar-refractivity contribution in [2.45, 2.75) is 13.8 Å². The summed E-state index contributed by atoms with van der Waals surface area (Å²) in [7, 11) is 0. The van der Waals surface area contributed by atoms with E-state index in [0.717, 1.165) is 0 Å². The van der Waals surface area contributed by atoms with E-state index in [1.807, 2.05) is 26.0 Å². The fourth-order valence-electron chi connectivity index (χ4n) is 0.510. The van der Waals surface area contributed by atoms with Gasteiger partial charge in [-0.1, -0.05) is 32.6 Å². The van der Waals surface area contributed by atoms with E-state index in [0.29, 0.717) is 11.5 Å². The second-order valence-corrected chi connectivity index (χ2v) is 2.18. The molecule has 0 unspecified atom stereocenters. The van der Waals surface area contributed by atoms with Crippen LogP contribution in [0.4, 0.5) is 0 Å². The van der Waals surface area contributed by atoms with Gasteiger partial charge in [0.05, 0.1) is 6.07 Å². The number of rotatable bonds is 2. The third-order valence-electron chi connectivity index (χ3n) is 0.862. The Morgan fingerprint density at radius 2 is 2.22 bits per heavy atom. The summed E-state index contributed by atoms with van der Waals surface area (Å²) in [6.07, 6.45) is 3.45. The summed E-state index contributed by atoms with van der Waals surface area (Å²) < 4.78 is 0. The van der Waals surface area contributed by atoms with Crippen LogP contribution in [0.15, 0.2) is 24.3 Å². The minimum Gasteiger partial charge on any atom is -0.192 e. The second kappa shape index (κ2) is 3.91. The molecule has 48 valence electrons. The Morgan fingerprint density at radius 1 is 1.67 bits per heavy atom. The van der Waals surface area contributed by atoms with Gasteiger partial charge in [-0.15, -0.1) is 0 Å². The Kier molecular flexibility index (Phi) is 3.46. The topological polar surface area (TPSA) is 23.8 Å². The zero-order valence-electron chi connectivity index (χ0n) is 5.89. The van der Waals surface area contributed by atoms with Crippen molar-refractivity contribution in [3.8, 4) is 6.07 Å². The van der Waals surface area contributed by atoms with Crippen molar-refractivity contribution in [3.05, 3.63) is 24.3 Å². The van der Waals surface area contributed by atoms with Crippen molar-refractivity contribution < 1.29 is 0 Å². The Bertz CT molecular complexity index is 158. The van der Waals surface area contributed by atoms with Gasteiger partial charge >= 0.3 is 0 Å². The molecule has 0 aromatic rings. The number of allylic oxidation sites excluding steroid dienone is 3. The highest BCUT2D eigenvalue weighted by Crippen LogP contribution is 2.00. The molecule has 0 aromatic carbocycles. The number of hydrogen-bond acceptors (Lipinski definition) is 1. The van der Waals surface area contributed by atoms with Crippen molar-refractivity contribution in [1.29, 1.82) is 5.26 Å². The number of nitriles is 1. The summed E-state index contributed by atoms with van der Waals surface area (Å²) in [5.41, 5.74) is 0.657. The van der Waals surface area contributed by atoms with Gasteiger partial charge in [-0.05, 0) is 5.92 Å². The largest absolute Gasteiger partial charge is 0.192 e. The lowest BCUT2D eigenvalue weighted by Crippen LogP contribution is -1.80. The van der Waals surface area contributed by atoms with Crippen LogP contribution in [-0.4, -0.2) is 0 Å². The standard InChI is InChI=1S/C8H11N/c1-4-8(6-9)5-7(2)3/h4-5,7H,1H2,2-3H3/b8-5+. The lowest BCUT2D eigenvalue weighted by Gasteiger charge is -1.92. The van der Waals surface area contributed by atoms with E-state index in [4.69, 9.17) is 5.26 Å². The molecule has 0 aliphatic carbocycles. The van der Waals surface area contributed by atoms with Gasteiger partial charge in [-0.25, -0.2) is 0 Å². The fraction of sp³-hybridized carbons (Fsp3) is 0.375. The van der Waals surface area contributed by atoms with Crippen LogP contribution in [0.2, 0.25) is 0 Å². The minimum atomic E-state index is 0.428. The molecular weight excluding hydrogens is 110 g/mol. The molecule has 9 heavy (non-hydrogen) atoms. The van der Waals surface area contributed by atoms with Crippen molar-refractivity contribution in [3.63, 3.8) is 0 Å². The number of nitrogens with zero attached hydrogens (tertiary/aromatic N) is 1. The third kappa shape index (κ3) is 3.54. The molecule has 0 bridgehead atoms. The van der Waals surface area contributed by atoms with Crippen molar-refractivity contribution >= 4 is 0 Å². The maximum absolute atomic E-state index is 8.39. The third-order valence-corrected chi connectivity index (χ3v) is 0.862. The first-order valence-corrected chi connectivity index (χ1v) is 2.95. The summed E-state index contributed by atoms with van der Waals surface area (Å²) in [5, 5.41) is 8.39. The normalized spacial score (nSPS) is 11.1. The molecule has 0 saturated carbocycles. The molecule has 0 aliphatic heterocycles. The highest BCUT2D eigenvalue weighted by atomic mass is 14.2. The van der Waals surface area contributed by atoms with Gasteiger partial charge in [0.15, 0.2) is 0 Å². The van der Waals surface area contributed by atoms with E-state index in [1.165, 1.54) is 0 Å². The van der Waals surface area contributed by atoms with E-state index in [2.05, 4.69) is 6.58 Å². The van der Waals surface area contributed by atoms with E-state index < -0.39 is 0 Å². The fourth-order valence-corrected chi connectivity index (χ4v) is 0.510. The van der Waals surface area contributed by atoms with Crippen molar-refractivity contribution in [2.24, 2.45) is 5.92 Å². The minimum absolute atomic E-state index is 0.428. The van der Waals surface area contributed by atoms with Crippen molar-refractivity contribution in [1.82, 2.24) is 0 Å². The molecule has 0 N–H and O–H groups in total. The summed E-state index contributed by atoms with van der Waals surface area (Å²) in [6.45, 7) is 7.55. The molecule has 0 radical (unpaired) electrons. The van der Waals surface area contributed by atoms with E-state index >= 15 is 0 Å². The monoisotopic (exact) mass is 121 g/mol. The molecule has 0 atom stereocenters. The molecule has 0 rings (SSSR count). The average Bonchev–Trinajstić information content (AvgIpc) is 1.82. The van der Waals surface area contributed by atoms with Gasteiger partial charge in [0.25, 0.3) is 0 Å². The van der Waals surface area contributed by atoms with Gasteiger partial charge in [-0.3, -0.25) is 0 Å². The van der Waals surface area contributed by atoms with Crippen LogP contribution in [0.1, 0.15) is 13.8 Å². The van der Waals surface area contributed by atoms with Crippen molar-refractivity contribution in [2.75, 3.05) is 0 Å². The Balaban J connectivity index is 4.12. The molecule has 0 amide bonds. The van der Waals surface area contributed by atoms with E-state index in [1.54, 1.807) is 6.08 Å². The smallest absolute Gasteiger partial charge is 0.0988 e. The predicted molar refractivity (Wildman–Crippen MR) is 38.7 cm³/mol. The molecule has 0 spiro atoms. The van der Waals surface area contributed by atoms with Gasteiger partial charge in [0.1, 0.15) is 0 Å². The summed E-state index contributed by atoms with van der Waals surface area (Å²) >= 11 is 0. The zero-order valence-corrected chi connectivity index (χ0v) is 5.89. The Labute approximate surface area is 56.3 Å². The van der Waals surface area contributed by atoms with Crippen LogP contribution in [0.3, 0.4) is 0 Å². The average molecular weight is 121 g/mol. The molecule has 0 fully saturated rings. The lowest BCUT2D eigenvalue weighted by atomic mass is 10.1. The number of hydrogen-bond donors (Lipinski definition) is 0. The van der Waals surface area contributed by atoms with Crippen LogP contribution in [0.25, 0.3) is 0 Å². The van der Waals surface area contributed by atoms with E-state index in [-0.39, 0.29) is 0 Å². The maximum Gasteiger partial charge on any atom is 0.0988 e.